The molecule has 1 aliphatic rings. The molecule has 1 fully saturated rings. The normalized spacial score (nSPS) is 15.6. The van der Waals surface area contributed by atoms with Crippen LogP contribution in [-0.4, -0.2) is 41.0 Å². The second-order valence-corrected chi connectivity index (χ2v) is 5.95. The minimum absolute atomic E-state index is 0.0678. The number of hydrogen-bond acceptors (Lipinski definition) is 5. The molecule has 0 spiro atoms. The molecular formula is C16H17ClN4O2. The monoisotopic (exact) mass is 332 g/mol. The lowest BCUT2D eigenvalue weighted by atomic mass is 10.2. The van der Waals surface area contributed by atoms with E-state index in [0.717, 1.165) is 32.7 Å². The lowest BCUT2D eigenvalue weighted by Gasteiger charge is -2.35. The van der Waals surface area contributed by atoms with Gasteiger partial charge in [0, 0.05) is 56.2 Å². The molecule has 6 nitrogen and oxygen atoms in total. The highest BCUT2D eigenvalue weighted by molar-refractivity contribution is 6.30. The van der Waals surface area contributed by atoms with E-state index in [0.29, 0.717) is 10.7 Å². The molecule has 1 aromatic heterocycles. The third-order valence-electron chi connectivity index (χ3n) is 3.98. The van der Waals surface area contributed by atoms with E-state index in [1.54, 1.807) is 18.3 Å². The van der Waals surface area contributed by atoms with E-state index >= 15 is 0 Å². The molecule has 0 N–H and O–H groups in total. The first-order valence-electron chi connectivity index (χ1n) is 7.43. The van der Waals surface area contributed by atoms with Crippen LogP contribution in [0.15, 0.2) is 42.7 Å². The summed E-state index contributed by atoms with van der Waals surface area (Å²) in [6, 6.07) is 8.84. The summed E-state index contributed by atoms with van der Waals surface area (Å²) in [5.41, 5.74) is 1.89. The van der Waals surface area contributed by atoms with Crippen molar-refractivity contribution in [1.29, 1.82) is 0 Å². The predicted molar refractivity (Wildman–Crippen MR) is 89.8 cm³/mol. The van der Waals surface area contributed by atoms with Gasteiger partial charge in [0.1, 0.15) is 5.69 Å². The fourth-order valence-electron chi connectivity index (χ4n) is 2.81. The Kier molecular flexibility index (Phi) is 4.73. The third kappa shape index (κ3) is 3.78. The number of piperazine rings is 1. The van der Waals surface area contributed by atoms with Gasteiger partial charge in [-0.1, -0.05) is 17.7 Å². The number of hydrogen-bond donors (Lipinski definition) is 0. The van der Waals surface area contributed by atoms with E-state index < -0.39 is 0 Å². The maximum Gasteiger partial charge on any atom is 0.294 e. The van der Waals surface area contributed by atoms with Gasteiger partial charge >= 0.3 is 0 Å². The molecule has 7 heteroatoms. The number of rotatable bonds is 4. The van der Waals surface area contributed by atoms with Crippen molar-refractivity contribution in [3.05, 3.63) is 63.4 Å². The molecule has 1 aliphatic heterocycles. The van der Waals surface area contributed by atoms with Crippen molar-refractivity contribution >= 4 is 23.0 Å². The molecule has 120 valence electrons. The average Bonchev–Trinajstić information content (AvgIpc) is 2.56. The van der Waals surface area contributed by atoms with Crippen LogP contribution in [0.5, 0.6) is 0 Å². The lowest BCUT2D eigenvalue weighted by Crippen LogP contribution is -2.46. The Morgan fingerprint density at radius 1 is 1.22 bits per heavy atom. The third-order valence-corrected chi connectivity index (χ3v) is 4.21. The van der Waals surface area contributed by atoms with Crippen molar-refractivity contribution in [3.63, 3.8) is 0 Å². The Hall–Kier alpha value is -2.18. The van der Waals surface area contributed by atoms with Crippen molar-refractivity contribution in [2.24, 2.45) is 0 Å². The molecule has 2 heterocycles. The molecule has 1 aromatic carbocycles. The summed E-state index contributed by atoms with van der Waals surface area (Å²) in [7, 11) is 0. The summed E-state index contributed by atoms with van der Waals surface area (Å²) in [6.45, 7) is 4.07. The van der Waals surface area contributed by atoms with Gasteiger partial charge in [0.2, 0.25) is 0 Å². The molecule has 0 bridgehead atoms. The fourth-order valence-corrected chi connectivity index (χ4v) is 2.97. The summed E-state index contributed by atoms with van der Waals surface area (Å²) in [6.07, 6.45) is 3.64. The summed E-state index contributed by atoms with van der Waals surface area (Å²) < 4.78 is 0. The van der Waals surface area contributed by atoms with Crippen LogP contribution in [0.25, 0.3) is 0 Å². The van der Waals surface area contributed by atoms with Gasteiger partial charge < -0.3 is 4.90 Å². The highest BCUT2D eigenvalue weighted by Gasteiger charge is 2.24. The summed E-state index contributed by atoms with van der Waals surface area (Å²) >= 11 is 5.88. The van der Waals surface area contributed by atoms with Gasteiger partial charge in [-0.3, -0.25) is 20.0 Å². The van der Waals surface area contributed by atoms with E-state index in [2.05, 4.69) is 16.0 Å². The summed E-state index contributed by atoms with van der Waals surface area (Å²) in [5.74, 6) is 0. The number of nitrogens with zero attached hydrogens (tertiary/aromatic N) is 4. The van der Waals surface area contributed by atoms with Crippen LogP contribution in [0.1, 0.15) is 5.56 Å². The molecule has 2 aromatic rings. The first-order valence-corrected chi connectivity index (χ1v) is 7.81. The number of halogens is 1. The SMILES string of the molecule is O=[N+]([O-])c1cc(Cl)ccc1N1CCN(Cc2cccnc2)CC1. The van der Waals surface area contributed by atoms with E-state index in [-0.39, 0.29) is 10.6 Å². The Balaban J connectivity index is 1.66. The zero-order valence-corrected chi connectivity index (χ0v) is 13.3. The predicted octanol–water partition coefficient (Wildman–Crippen LogP) is 2.97. The zero-order chi connectivity index (χ0) is 16.2. The maximum absolute atomic E-state index is 11.2. The number of anilines is 1. The van der Waals surface area contributed by atoms with Crippen LogP contribution in [0.3, 0.4) is 0 Å². The van der Waals surface area contributed by atoms with E-state index in [9.17, 15) is 10.1 Å². The van der Waals surface area contributed by atoms with Crippen molar-refractivity contribution < 1.29 is 4.92 Å². The molecular weight excluding hydrogens is 316 g/mol. The van der Waals surface area contributed by atoms with Crippen molar-refractivity contribution in [3.8, 4) is 0 Å². The van der Waals surface area contributed by atoms with Crippen molar-refractivity contribution in [2.45, 2.75) is 6.54 Å². The molecule has 0 amide bonds. The number of nitro benzene ring substituents is 1. The molecule has 0 aliphatic carbocycles. The Labute approximate surface area is 139 Å². The second-order valence-electron chi connectivity index (χ2n) is 5.51. The van der Waals surface area contributed by atoms with Crippen molar-refractivity contribution in [1.82, 2.24) is 9.88 Å². The highest BCUT2D eigenvalue weighted by Crippen LogP contribution is 2.31. The zero-order valence-electron chi connectivity index (χ0n) is 12.6. The summed E-state index contributed by atoms with van der Waals surface area (Å²) in [4.78, 5) is 19.4. The van der Waals surface area contributed by atoms with Gasteiger partial charge in [0.15, 0.2) is 0 Å². The van der Waals surface area contributed by atoms with Crippen LogP contribution in [0.4, 0.5) is 11.4 Å². The Morgan fingerprint density at radius 2 is 2.00 bits per heavy atom. The standard InChI is InChI=1S/C16H17ClN4O2/c17-14-3-4-15(16(10-14)21(22)23)20-8-6-19(7-9-20)12-13-2-1-5-18-11-13/h1-5,10-11H,6-9,12H2. The molecule has 23 heavy (non-hydrogen) atoms. The van der Waals surface area contributed by atoms with Gasteiger partial charge in [-0.2, -0.15) is 0 Å². The van der Waals surface area contributed by atoms with Gasteiger partial charge in [-0.15, -0.1) is 0 Å². The van der Waals surface area contributed by atoms with E-state index in [1.807, 2.05) is 17.2 Å². The number of benzene rings is 1. The van der Waals surface area contributed by atoms with Gasteiger partial charge in [0.05, 0.1) is 4.92 Å². The van der Waals surface area contributed by atoms with Crippen LogP contribution >= 0.6 is 11.6 Å². The topological polar surface area (TPSA) is 62.5 Å². The second kappa shape index (κ2) is 6.93. The Bertz CT molecular complexity index is 688. The first kappa shape index (κ1) is 15.7. The van der Waals surface area contributed by atoms with E-state index in [4.69, 9.17) is 11.6 Å². The molecule has 3 rings (SSSR count). The average molecular weight is 333 g/mol. The molecule has 1 saturated heterocycles. The number of nitro groups is 1. The van der Waals surface area contributed by atoms with E-state index in [1.165, 1.54) is 11.6 Å². The number of pyridine rings is 1. The van der Waals surface area contributed by atoms with Crippen LogP contribution in [0.2, 0.25) is 5.02 Å². The minimum atomic E-state index is -0.372. The minimum Gasteiger partial charge on any atom is -0.363 e. The maximum atomic E-state index is 11.2. The summed E-state index contributed by atoms with van der Waals surface area (Å²) in [5, 5.41) is 11.6. The van der Waals surface area contributed by atoms with Crippen LogP contribution in [0, 0.1) is 10.1 Å². The first-order chi connectivity index (χ1) is 11.1. The smallest absolute Gasteiger partial charge is 0.294 e. The van der Waals surface area contributed by atoms with Crippen LogP contribution in [-0.2, 0) is 6.54 Å². The van der Waals surface area contributed by atoms with Crippen molar-refractivity contribution in [2.75, 3.05) is 31.1 Å². The lowest BCUT2D eigenvalue weighted by molar-refractivity contribution is -0.384. The van der Waals surface area contributed by atoms with Crippen LogP contribution < -0.4 is 4.90 Å². The molecule has 0 atom stereocenters. The van der Waals surface area contributed by atoms with Gasteiger partial charge in [-0.25, -0.2) is 0 Å². The largest absolute Gasteiger partial charge is 0.363 e. The highest BCUT2D eigenvalue weighted by atomic mass is 35.5. The quantitative estimate of drug-likeness (QED) is 0.636. The molecule has 0 unspecified atom stereocenters. The van der Waals surface area contributed by atoms with Gasteiger partial charge in [-0.05, 0) is 23.8 Å². The molecule has 0 saturated carbocycles. The fraction of sp³-hybridized carbons (Fsp3) is 0.312. The Morgan fingerprint density at radius 3 is 2.65 bits per heavy atom. The van der Waals surface area contributed by atoms with Gasteiger partial charge in [0.25, 0.3) is 5.69 Å². The molecule has 0 radical (unpaired) electrons. The number of aromatic nitrogens is 1.